The average Bonchev–Trinajstić information content (AvgIpc) is 2.80. The molecule has 1 N–H and O–H groups in total. The first-order valence-electron chi connectivity index (χ1n) is 11.3. The number of anilines is 1. The number of nitrogens with one attached hydrogen (secondary N) is 1. The number of hydrogen-bond donors (Lipinski definition) is 1. The maximum Gasteiger partial charge on any atom is 0.244 e. The number of aryl methyl sites for hydroxylation is 1. The fraction of sp³-hybridized carbons (Fsp3) is 0.440. The Bertz CT molecular complexity index is 1140. The molecule has 0 aliphatic heterocycles. The summed E-state index contributed by atoms with van der Waals surface area (Å²) in [5.41, 5.74) is 2.02. The maximum atomic E-state index is 13.6. The molecule has 192 valence electrons. The number of rotatable bonds is 11. The van der Waals surface area contributed by atoms with E-state index >= 15 is 0 Å². The molecule has 2 atom stereocenters. The van der Waals surface area contributed by atoms with Crippen molar-refractivity contribution in [2.45, 2.75) is 52.7 Å². The summed E-state index contributed by atoms with van der Waals surface area (Å²) >= 11 is 6.12. The lowest BCUT2D eigenvalue weighted by Gasteiger charge is -2.32. The van der Waals surface area contributed by atoms with Gasteiger partial charge in [0.15, 0.2) is 0 Å². The van der Waals surface area contributed by atoms with E-state index in [4.69, 9.17) is 16.3 Å². The van der Waals surface area contributed by atoms with Crippen molar-refractivity contribution in [2.75, 3.05) is 24.2 Å². The Morgan fingerprint density at radius 2 is 1.74 bits per heavy atom. The molecule has 0 aromatic heterocycles. The molecule has 0 aliphatic carbocycles. The molecule has 0 aliphatic rings. The van der Waals surface area contributed by atoms with Crippen LogP contribution in [-0.2, 0) is 26.2 Å². The highest BCUT2D eigenvalue weighted by Gasteiger charge is 2.31. The van der Waals surface area contributed by atoms with Gasteiger partial charge in [0, 0.05) is 17.6 Å². The van der Waals surface area contributed by atoms with Gasteiger partial charge in [0.1, 0.15) is 18.3 Å². The molecule has 2 aromatic carbocycles. The molecule has 8 nitrogen and oxygen atoms in total. The number of sulfonamides is 1. The first kappa shape index (κ1) is 28.5. The van der Waals surface area contributed by atoms with E-state index in [9.17, 15) is 18.0 Å². The zero-order valence-corrected chi connectivity index (χ0v) is 22.6. The van der Waals surface area contributed by atoms with Crippen LogP contribution in [0.5, 0.6) is 5.75 Å². The molecule has 2 amide bonds. The predicted octanol–water partition coefficient (Wildman–Crippen LogP) is 3.76. The van der Waals surface area contributed by atoms with Crippen molar-refractivity contribution < 1.29 is 22.7 Å². The van der Waals surface area contributed by atoms with Crippen LogP contribution < -0.4 is 14.4 Å². The van der Waals surface area contributed by atoms with Crippen LogP contribution in [0.3, 0.4) is 0 Å². The average molecular weight is 524 g/mol. The summed E-state index contributed by atoms with van der Waals surface area (Å²) in [4.78, 5) is 27.9. The molecular formula is C25H34ClN3O5S. The van der Waals surface area contributed by atoms with E-state index in [2.05, 4.69) is 5.32 Å². The zero-order chi connectivity index (χ0) is 26.3. The Labute approximate surface area is 213 Å². The summed E-state index contributed by atoms with van der Waals surface area (Å²) < 4.78 is 31.7. The van der Waals surface area contributed by atoms with Crippen molar-refractivity contribution in [1.29, 1.82) is 0 Å². The SMILES string of the molecule is CC[C@@H](C)NC(=O)[C@H](C)N(Cc1ccc(C)cc1)C(=O)CN(c1cc(Cl)ccc1OC)S(C)(=O)=O. The lowest BCUT2D eigenvalue weighted by atomic mass is 10.1. The maximum absolute atomic E-state index is 13.6. The fourth-order valence-electron chi connectivity index (χ4n) is 3.39. The molecule has 0 bridgehead atoms. The highest BCUT2D eigenvalue weighted by Crippen LogP contribution is 2.33. The first-order chi connectivity index (χ1) is 16.4. The number of amides is 2. The second kappa shape index (κ2) is 12.3. The van der Waals surface area contributed by atoms with E-state index < -0.39 is 28.5 Å². The van der Waals surface area contributed by atoms with Crippen molar-refractivity contribution in [2.24, 2.45) is 0 Å². The lowest BCUT2D eigenvalue weighted by Crippen LogP contribution is -2.52. The van der Waals surface area contributed by atoms with E-state index in [0.29, 0.717) is 5.02 Å². The highest BCUT2D eigenvalue weighted by molar-refractivity contribution is 7.92. The molecule has 0 unspecified atom stereocenters. The van der Waals surface area contributed by atoms with Crippen LogP contribution in [0.1, 0.15) is 38.3 Å². The minimum Gasteiger partial charge on any atom is -0.495 e. The van der Waals surface area contributed by atoms with Crippen LogP contribution in [0.25, 0.3) is 0 Å². The Kier molecular flexibility index (Phi) is 9.97. The summed E-state index contributed by atoms with van der Waals surface area (Å²) in [6.45, 7) is 7.04. The van der Waals surface area contributed by atoms with Gasteiger partial charge in [-0.1, -0.05) is 48.4 Å². The normalized spacial score (nSPS) is 13.0. The molecule has 2 aromatic rings. The number of carbonyl (C=O) groups excluding carboxylic acids is 2. The van der Waals surface area contributed by atoms with E-state index in [1.807, 2.05) is 45.0 Å². The van der Waals surface area contributed by atoms with Crippen LogP contribution in [-0.4, -0.2) is 57.1 Å². The van der Waals surface area contributed by atoms with Crippen molar-refractivity contribution in [1.82, 2.24) is 10.2 Å². The number of benzene rings is 2. The summed E-state index contributed by atoms with van der Waals surface area (Å²) in [7, 11) is -2.49. The molecule has 0 saturated carbocycles. The Morgan fingerprint density at radius 1 is 1.11 bits per heavy atom. The van der Waals surface area contributed by atoms with Crippen molar-refractivity contribution in [3.63, 3.8) is 0 Å². The van der Waals surface area contributed by atoms with Gasteiger partial charge < -0.3 is 15.0 Å². The summed E-state index contributed by atoms with van der Waals surface area (Å²) in [6.07, 6.45) is 1.74. The van der Waals surface area contributed by atoms with E-state index in [1.54, 1.807) is 13.0 Å². The van der Waals surface area contributed by atoms with Crippen molar-refractivity contribution >= 4 is 39.1 Å². The van der Waals surface area contributed by atoms with Gasteiger partial charge in [-0.05, 0) is 51.0 Å². The lowest BCUT2D eigenvalue weighted by molar-refractivity contribution is -0.139. The Hall–Kier alpha value is -2.78. The largest absolute Gasteiger partial charge is 0.495 e. The number of hydrogen-bond acceptors (Lipinski definition) is 5. The minimum atomic E-state index is -3.90. The van der Waals surface area contributed by atoms with Crippen LogP contribution >= 0.6 is 11.6 Å². The molecule has 0 spiro atoms. The molecule has 0 fully saturated rings. The highest BCUT2D eigenvalue weighted by atomic mass is 35.5. The Morgan fingerprint density at radius 3 is 2.29 bits per heavy atom. The first-order valence-corrected chi connectivity index (χ1v) is 13.6. The van der Waals surface area contributed by atoms with Gasteiger partial charge in [-0.25, -0.2) is 8.42 Å². The molecule has 0 saturated heterocycles. The van der Waals surface area contributed by atoms with Gasteiger partial charge in [0.2, 0.25) is 21.8 Å². The Balaban J connectivity index is 2.45. The predicted molar refractivity (Wildman–Crippen MR) is 139 cm³/mol. The number of carbonyl (C=O) groups is 2. The van der Waals surface area contributed by atoms with Crippen LogP contribution in [0.15, 0.2) is 42.5 Å². The quantitative estimate of drug-likeness (QED) is 0.484. The van der Waals surface area contributed by atoms with Gasteiger partial charge in [-0.3, -0.25) is 13.9 Å². The smallest absolute Gasteiger partial charge is 0.244 e. The van der Waals surface area contributed by atoms with E-state index in [1.165, 1.54) is 24.1 Å². The molecule has 2 rings (SSSR count). The molecule has 10 heteroatoms. The molecule has 0 radical (unpaired) electrons. The fourth-order valence-corrected chi connectivity index (χ4v) is 4.40. The van der Waals surface area contributed by atoms with Gasteiger partial charge in [0.25, 0.3) is 0 Å². The van der Waals surface area contributed by atoms with Gasteiger partial charge in [0.05, 0.1) is 19.1 Å². The minimum absolute atomic E-state index is 0.0653. The number of halogens is 1. The molecular weight excluding hydrogens is 490 g/mol. The number of ether oxygens (including phenoxy) is 1. The summed E-state index contributed by atoms with van der Waals surface area (Å²) in [5.74, 6) is -0.601. The standard InChI is InChI=1S/C25H34ClN3O5S/c1-7-18(3)27-25(31)19(4)28(15-20-10-8-17(2)9-11-20)24(30)16-29(35(6,32)33)22-14-21(26)12-13-23(22)34-5/h8-14,18-19H,7,15-16H2,1-6H3,(H,27,31)/t18-,19+/m1/s1. The number of methoxy groups -OCH3 is 1. The zero-order valence-electron chi connectivity index (χ0n) is 21.0. The third-order valence-electron chi connectivity index (χ3n) is 5.73. The van der Waals surface area contributed by atoms with E-state index in [-0.39, 0.29) is 29.9 Å². The molecule has 35 heavy (non-hydrogen) atoms. The van der Waals surface area contributed by atoms with Crippen LogP contribution in [0, 0.1) is 6.92 Å². The third-order valence-corrected chi connectivity index (χ3v) is 7.09. The summed E-state index contributed by atoms with van der Waals surface area (Å²) in [6, 6.07) is 11.2. The van der Waals surface area contributed by atoms with Gasteiger partial charge in [-0.2, -0.15) is 0 Å². The summed E-state index contributed by atoms with van der Waals surface area (Å²) in [5, 5.41) is 3.19. The van der Waals surface area contributed by atoms with Crippen molar-refractivity contribution in [3.05, 3.63) is 58.6 Å². The second-order valence-electron chi connectivity index (χ2n) is 8.59. The second-order valence-corrected chi connectivity index (χ2v) is 10.9. The van der Waals surface area contributed by atoms with Gasteiger partial charge in [-0.15, -0.1) is 0 Å². The third kappa shape index (κ3) is 7.86. The molecule has 0 heterocycles. The van der Waals surface area contributed by atoms with E-state index in [0.717, 1.165) is 28.1 Å². The number of nitrogens with zero attached hydrogens (tertiary/aromatic N) is 2. The van der Waals surface area contributed by atoms with Crippen LogP contribution in [0.4, 0.5) is 5.69 Å². The monoisotopic (exact) mass is 523 g/mol. The van der Waals surface area contributed by atoms with Gasteiger partial charge >= 0.3 is 0 Å². The topological polar surface area (TPSA) is 96.0 Å². The van der Waals surface area contributed by atoms with Crippen molar-refractivity contribution in [3.8, 4) is 5.75 Å². The van der Waals surface area contributed by atoms with Crippen LogP contribution in [0.2, 0.25) is 5.02 Å².